The van der Waals surface area contributed by atoms with Crippen LogP contribution in [0.15, 0.2) is 0 Å². The van der Waals surface area contributed by atoms with Crippen LogP contribution >= 0.6 is 0 Å². The van der Waals surface area contributed by atoms with Gasteiger partial charge in [0.2, 0.25) is 11.8 Å². The number of halogens is 1. The van der Waals surface area contributed by atoms with Gasteiger partial charge < -0.3 is 10.2 Å². The quantitative estimate of drug-likeness (QED) is 0.846. The standard InChI is InChI=1S/C14H23FN2O2/c1-3-13(4-2)12(19)17(10-9-15)14(11(18)16-13)7-5-6-8-14/h3-10H2,1-2H3,(H,16,18). The van der Waals surface area contributed by atoms with E-state index in [9.17, 15) is 14.0 Å². The summed E-state index contributed by atoms with van der Waals surface area (Å²) < 4.78 is 12.8. The Kier molecular flexibility index (Phi) is 3.83. The fraction of sp³-hybridized carbons (Fsp3) is 0.857. The molecule has 19 heavy (non-hydrogen) atoms. The third kappa shape index (κ3) is 1.94. The van der Waals surface area contributed by atoms with E-state index in [1.54, 1.807) is 0 Å². The highest BCUT2D eigenvalue weighted by Gasteiger charge is 2.57. The molecular weight excluding hydrogens is 247 g/mol. The van der Waals surface area contributed by atoms with E-state index in [4.69, 9.17) is 0 Å². The lowest BCUT2D eigenvalue weighted by atomic mass is 9.81. The first kappa shape index (κ1) is 14.3. The van der Waals surface area contributed by atoms with Crippen LogP contribution in [0.5, 0.6) is 0 Å². The SMILES string of the molecule is CCC1(CC)NC(=O)C2(CCCC2)N(CCF)C1=O. The van der Waals surface area contributed by atoms with Gasteiger partial charge in [-0.15, -0.1) is 0 Å². The molecular formula is C14H23FN2O2. The normalized spacial score (nSPS) is 24.9. The van der Waals surface area contributed by atoms with Crippen molar-refractivity contribution in [1.82, 2.24) is 10.2 Å². The largest absolute Gasteiger partial charge is 0.340 e. The van der Waals surface area contributed by atoms with Crippen LogP contribution < -0.4 is 5.32 Å². The van der Waals surface area contributed by atoms with Crippen molar-refractivity contribution in [2.45, 2.75) is 63.5 Å². The van der Waals surface area contributed by atoms with Gasteiger partial charge in [0.25, 0.3) is 0 Å². The zero-order valence-electron chi connectivity index (χ0n) is 11.8. The maximum atomic E-state index is 12.8. The molecule has 108 valence electrons. The molecule has 0 atom stereocenters. The fourth-order valence-electron chi connectivity index (χ4n) is 3.55. The van der Waals surface area contributed by atoms with E-state index in [0.29, 0.717) is 25.7 Å². The second kappa shape index (κ2) is 5.10. The molecule has 0 bridgehead atoms. The Bertz CT molecular complexity index is 374. The molecule has 0 unspecified atom stereocenters. The van der Waals surface area contributed by atoms with Gasteiger partial charge in [-0.2, -0.15) is 0 Å². The first-order valence-corrected chi connectivity index (χ1v) is 7.27. The van der Waals surface area contributed by atoms with E-state index in [2.05, 4.69) is 5.32 Å². The summed E-state index contributed by atoms with van der Waals surface area (Å²) in [6.45, 7) is 3.22. The van der Waals surface area contributed by atoms with Gasteiger partial charge in [0.05, 0.1) is 6.54 Å². The van der Waals surface area contributed by atoms with E-state index in [-0.39, 0.29) is 18.4 Å². The van der Waals surface area contributed by atoms with E-state index < -0.39 is 17.8 Å². The number of carbonyl (C=O) groups excluding carboxylic acids is 2. The summed E-state index contributed by atoms with van der Waals surface area (Å²) in [6.07, 6.45) is 4.27. The van der Waals surface area contributed by atoms with Crippen molar-refractivity contribution in [1.29, 1.82) is 0 Å². The number of hydrogen-bond acceptors (Lipinski definition) is 2. The molecule has 2 aliphatic rings. The van der Waals surface area contributed by atoms with Gasteiger partial charge in [-0.1, -0.05) is 26.7 Å². The molecule has 0 radical (unpaired) electrons. The summed E-state index contributed by atoms with van der Waals surface area (Å²) in [5, 5.41) is 2.95. The number of nitrogens with one attached hydrogen (secondary N) is 1. The molecule has 1 aliphatic carbocycles. The summed E-state index contributed by atoms with van der Waals surface area (Å²) in [7, 11) is 0. The zero-order chi connectivity index (χ0) is 14.1. The number of piperazine rings is 1. The number of carbonyl (C=O) groups is 2. The van der Waals surface area contributed by atoms with E-state index in [1.165, 1.54) is 4.90 Å². The predicted molar refractivity (Wildman–Crippen MR) is 70.3 cm³/mol. The minimum atomic E-state index is -0.833. The van der Waals surface area contributed by atoms with Crippen molar-refractivity contribution < 1.29 is 14.0 Å². The highest BCUT2D eigenvalue weighted by molar-refractivity contribution is 6.02. The smallest absolute Gasteiger partial charge is 0.249 e. The third-order valence-corrected chi connectivity index (χ3v) is 4.89. The van der Waals surface area contributed by atoms with Crippen LogP contribution in [0, 0.1) is 0 Å². The number of hydrogen-bond donors (Lipinski definition) is 1. The predicted octanol–water partition coefficient (Wildman–Crippen LogP) is 1.79. The Morgan fingerprint density at radius 2 is 1.79 bits per heavy atom. The number of amides is 2. The Morgan fingerprint density at radius 3 is 2.26 bits per heavy atom. The van der Waals surface area contributed by atoms with E-state index in [1.807, 2.05) is 13.8 Å². The van der Waals surface area contributed by atoms with Crippen molar-refractivity contribution in [3.8, 4) is 0 Å². The van der Waals surface area contributed by atoms with Crippen molar-refractivity contribution in [2.24, 2.45) is 0 Å². The van der Waals surface area contributed by atoms with Gasteiger partial charge in [-0.25, -0.2) is 4.39 Å². The molecule has 0 aromatic carbocycles. The second-order valence-electron chi connectivity index (χ2n) is 5.63. The molecule has 5 heteroatoms. The molecule has 0 aromatic heterocycles. The van der Waals surface area contributed by atoms with Crippen molar-refractivity contribution in [3.05, 3.63) is 0 Å². The Hall–Kier alpha value is -1.13. The molecule has 1 saturated carbocycles. The number of nitrogens with zero attached hydrogens (tertiary/aromatic N) is 1. The minimum absolute atomic E-state index is 0.0357. The van der Waals surface area contributed by atoms with Gasteiger partial charge >= 0.3 is 0 Å². The monoisotopic (exact) mass is 270 g/mol. The van der Waals surface area contributed by atoms with Crippen LogP contribution in [0.2, 0.25) is 0 Å². The molecule has 0 aromatic rings. The van der Waals surface area contributed by atoms with Crippen molar-refractivity contribution >= 4 is 11.8 Å². The molecule has 1 spiro atoms. The molecule has 2 fully saturated rings. The maximum Gasteiger partial charge on any atom is 0.249 e. The lowest BCUT2D eigenvalue weighted by molar-refractivity contribution is -0.163. The van der Waals surface area contributed by atoms with Gasteiger partial charge in [-0.3, -0.25) is 9.59 Å². The maximum absolute atomic E-state index is 12.8. The highest BCUT2D eigenvalue weighted by atomic mass is 19.1. The molecule has 2 rings (SSSR count). The summed E-state index contributed by atoms with van der Waals surface area (Å²) in [6, 6.07) is 0. The van der Waals surface area contributed by atoms with Gasteiger partial charge in [-0.05, 0) is 25.7 Å². The third-order valence-electron chi connectivity index (χ3n) is 4.89. The van der Waals surface area contributed by atoms with Crippen LogP contribution in [-0.2, 0) is 9.59 Å². The zero-order valence-corrected chi connectivity index (χ0v) is 11.8. The molecule has 1 aliphatic heterocycles. The summed E-state index contributed by atoms with van der Waals surface area (Å²) >= 11 is 0. The van der Waals surface area contributed by atoms with Crippen molar-refractivity contribution in [2.75, 3.05) is 13.2 Å². The Labute approximate surface area is 113 Å². The lowest BCUT2D eigenvalue weighted by Crippen LogP contribution is -2.75. The molecule has 1 saturated heterocycles. The van der Waals surface area contributed by atoms with Crippen LogP contribution in [0.4, 0.5) is 4.39 Å². The van der Waals surface area contributed by atoms with E-state index in [0.717, 1.165) is 12.8 Å². The average Bonchev–Trinajstić information content (AvgIpc) is 2.90. The summed E-state index contributed by atoms with van der Waals surface area (Å²) in [4.78, 5) is 26.8. The molecule has 1 heterocycles. The Balaban J connectivity index is 2.40. The molecule has 1 N–H and O–H groups in total. The fourth-order valence-corrected chi connectivity index (χ4v) is 3.55. The number of alkyl halides is 1. The van der Waals surface area contributed by atoms with Crippen LogP contribution in [0.25, 0.3) is 0 Å². The first-order valence-electron chi connectivity index (χ1n) is 7.27. The Morgan fingerprint density at radius 1 is 1.21 bits per heavy atom. The van der Waals surface area contributed by atoms with E-state index >= 15 is 0 Å². The van der Waals surface area contributed by atoms with Gasteiger partial charge in [0, 0.05) is 0 Å². The lowest BCUT2D eigenvalue weighted by Gasteiger charge is -2.51. The highest BCUT2D eigenvalue weighted by Crippen LogP contribution is 2.41. The van der Waals surface area contributed by atoms with Crippen LogP contribution in [0.3, 0.4) is 0 Å². The first-order chi connectivity index (χ1) is 9.06. The average molecular weight is 270 g/mol. The van der Waals surface area contributed by atoms with Crippen LogP contribution in [-0.4, -0.2) is 41.0 Å². The van der Waals surface area contributed by atoms with Gasteiger partial charge in [0.15, 0.2) is 0 Å². The van der Waals surface area contributed by atoms with Crippen LogP contribution in [0.1, 0.15) is 52.4 Å². The topological polar surface area (TPSA) is 49.4 Å². The summed E-state index contributed by atoms with van der Waals surface area (Å²) in [5.74, 6) is -0.182. The molecule has 2 amide bonds. The summed E-state index contributed by atoms with van der Waals surface area (Å²) in [5.41, 5.74) is -1.61. The molecule has 4 nitrogen and oxygen atoms in total. The van der Waals surface area contributed by atoms with Crippen molar-refractivity contribution in [3.63, 3.8) is 0 Å². The number of rotatable bonds is 4. The van der Waals surface area contributed by atoms with Gasteiger partial charge in [0.1, 0.15) is 17.8 Å². The minimum Gasteiger partial charge on any atom is -0.340 e. The second-order valence-corrected chi connectivity index (χ2v) is 5.63.